The van der Waals surface area contributed by atoms with E-state index in [1.807, 2.05) is 24.3 Å². The maximum absolute atomic E-state index is 12.9. The molecule has 0 aliphatic carbocycles. The summed E-state index contributed by atoms with van der Waals surface area (Å²) >= 11 is 1.18. The van der Waals surface area contributed by atoms with Crippen molar-refractivity contribution in [1.29, 1.82) is 0 Å². The quantitative estimate of drug-likeness (QED) is 0.183. The van der Waals surface area contributed by atoms with Crippen LogP contribution in [0.4, 0.5) is 0 Å². The maximum Gasteiger partial charge on any atom is 0.277 e. The molecule has 10 heteroatoms. The number of carbonyl (C=O) groups excluding carboxylic acids is 3. The number of furan rings is 1. The van der Waals surface area contributed by atoms with Crippen LogP contribution in [0.5, 0.6) is 0 Å². The van der Waals surface area contributed by atoms with Crippen LogP contribution in [0.3, 0.4) is 0 Å². The molecule has 3 heterocycles. The van der Waals surface area contributed by atoms with Crippen LogP contribution in [-0.4, -0.2) is 45.1 Å². The van der Waals surface area contributed by atoms with Crippen LogP contribution in [0.25, 0.3) is 10.8 Å². The van der Waals surface area contributed by atoms with Crippen molar-refractivity contribution in [2.45, 2.75) is 37.5 Å². The zero-order valence-electron chi connectivity index (χ0n) is 19.4. The highest BCUT2D eigenvalue weighted by atomic mass is 32.2. The number of nitrogens with zero attached hydrogens (tertiary/aromatic N) is 3. The van der Waals surface area contributed by atoms with Crippen LogP contribution in [0, 0.1) is 0 Å². The number of hydrogen-bond donors (Lipinski definition) is 1. The lowest BCUT2D eigenvalue weighted by molar-refractivity contribution is -0.118. The normalized spacial score (nSPS) is 12.9. The van der Waals surface area contributed by atoms with E-state index in [1.54, 1.807) is 30.5 Å². The molecule has 0 bridgehead atoms. The molecule has 36 heavy (non-hydrogen) atoms. The topological polar surface area (TPSA) is 119 Å². The fraction of sp³-hybridized carbons (Fsp3) is 0.269. The number of imide groups is 1. The van der Waals surface area contributed by atoms with Crippen LogP contribution in [0.2, 0.25) is 0 Å². The van der Waals surface area contributed by atoms with Gasteiger partial charge in [0, 0.05) is 29.5 Å². The van der Waals surface area contributed by atoms with Crippen LogP contribution < -0.4 is 5.32 Å². The average Bonchev–Trinajstić information content (AvgIpc) is 3.58. The Kier molecular flexibility index (Phi) is 7.13. The minimum atomic E-state index is -0.240. The Labute approximate surface area is 211 Å². The van der Waals surface area contributed by atoms with Gasteiger partial charge in [-0.2, -0.15) is 0 Å². The highest BCUT2D eigenvalue weighted by Gasteiger charge is 2.32. The molecule has 9 nitrogen and oxygen atoms in total. The highest BCUT2D eigenvalue weighted by Crippen LogP contribution is 2.30. The summed E-state index contributed by atoms with van der Waals surface area (Å²) < 4.78 is 10.8. The summed E-state index contributed by atoms with van der Waals surface area (Å²) in [5, 5.41) is 12.8. The highest BCUT2D eigenvalue weighted by molar-refractivity contribution is 7.99. The summed E-state index contributed by atoms with van der Waals surface area (Å²) in [6.07, 6.45) is 4.40. The van der Waals surface area contributed by atoms with Gasteiger partial charge in [-0.25, -0.2) is 0 Å². The van der Waals surface area contributed by atoms with Crippen LogP contribution in [-0.2, 0) is 17.8 Å². The van der Waals surface area contributed by atoms with Crippen molar-refractivity contribution in [3.63, 3.8) is 0 Å². The monoisotopic (exact) mass is 504 g/mol. The number of rotatable bonds is 11. The number of amides is 3. The second-order valence-electron chi connectivity index (χ2n) is 8.39. The lowest BCUT2D eigenvalue weighted by atomic mass is 9.94. The number of carbonyl (C=O) groups is 3. The van der Waals surface area contributed by atoms with E-state index >= 15 is 0 Å². The molecule has 184 valence electrons. The summed E-state index contributed by atoms with van der Waals surface area (Å²) in [7, 11) is 0. The number of aryl methyl sites for hydroxylation is 1. The van der Waals surface area contributed by atoms with Gasteiger partial charge < -0.3 is 14.2 Å². The van der Waals surface area contributed by atoms with E-state index in [2.05, 4.69) is 15.5 Å². The molecule has 0 saturated heterocycles. The predicted molar refractivity (Wildman–Crippen MR) is 132 cm³/mol. The first-order valence-electron chi connectivity index (χ1n) is 11.7. The second-order valence-corrected chi connectivity index (χ2v) is 9.31. The van der Waals surface area contributed by atoms with Crippen molar-refractivity contribution in [3.05, 3.63) is 77.6 Å². The number of thioether (sulfide) groups is 1. The van der Waals surface area contributed by atoms with E-state index in [0.717, 1.165) is 23.6 Å². The van der Waals surface area contributed by atoms with Crippen molar-refractivity contribution in [1.82, 2.24) is 20.4 Å². The van der Waals surface area contributed by atoms with E-state index in [9.17, 15) is 14.4 Å². The Bertz CT molecular complexity index is 1350. The third-order valence-electron chi connectivity index (χ3n) is 5.94. The molecule has 0 unspecified atom stereocenters. The van der Waals surface area contributed by atoms with Gasteiger partial charge >= 0.3 is 0 Å². The third kappa shape index (κ3) is 5.18. The molecule has 4 aromatic rings. The average molecular weight is 505 g/mol. The van der Waals surface area contributed by atoms with Gasteiger partial charge in [0.05, 0.1) is 18.6 Å². The maximum atomic E-state index is 12.9. The Morgan fingerprint density at radius 1 is 0.944 bits per heavy atom. The van der Waals surface area contributed by atoms with E-state index in [4.69, 9.17) is 8.83 Å². The minimum absolute atomic E-state index is 0.156. The van der Waals surface area contributed by atoms with Crippen molar-refractivity contribution in [3.8, 4) is 0 Å². The molecule has 0 saturated carbocycles. The van der Waals surface area contributed by atoms with Crippen molar-refractivity contribution in [2.24, 2.45) is 0 Å². The van der Waals surface area contributed by atoms with Crippen molar-refractivity contribution in [2.75, 3.05) is 12.3 Å². The smallest absolute Gasteiger partial charge is 0.277 e. The van der Waals surface area contributed by atoms with Gasteiger partial charge in [-0.05, 0) is 42.5 Å². The lowest BCUT2D eigenvalue weighted by Crippen LogP contribution is -2.40. The van der Waals surface area contributed by atoms with Crippen molar-refractivity contribution < 1.29 is 23.2 Å². The molecule has 3 amide bonds. The number of aromatic nitrogens is 2. The van der Waals surface area contributed by atoms with E-state index in [-0.39, 0.29) is 23.5 Å². The molecule has 0 fully saturated rings. The number of benzene rings is 2. The predicted octanol–water partition coefficient (Wildman–Crippen LogP) is 4.23. The minimum Gasteiger partial charge on any atom is -0.467 e. The molecule has 1 N–H and O–H groups in total. The Hall–Kier alpha value is -3.92. The van der Waals surface area contributed by atoms with E-state index in [0.29, 0.717) is 53.9 Å². The third-order valence-corrected chi connectivity index (χ3v) is 6.76. The first-order valence-corrected chi connectivity index (χ1v) is 12.7. The standard InChI is InChI=1S/C26H24N4O5S/c31-21(27-15-18-9-6-14-34-18)16-36-26-29-28-22(35-26)12-2-1-3-13-30-24(32)19-10-4-7-17-8-5-11-20(23(17)19)25(30)33/h4-11,14H,1-3,12-13,15-16H2,(H,27,31). The van der Waals surface area contributed by atoms with Gasteiger partial charge in [0.2, 0.25) is 11.8 Å². The fourth-order valence-corrected chi connectivity index (χ4v) is 4.79. The summed E-state index contributed by atoms with van der Waals surface area (Å²) in [5.41, 5.74) is 1.15. The van der Waals surface area contributed by atoms with Crippen LogP contribution >= 0.6 is 11.8 Å². The number of hydrogen-bond acceptors (Lipinski definition) is 8. The summed E-state index contributed by atoms with van der Waals surface area (Å²) in [6, 6.07) is 14.6. The molecule has 0 spiro atoms. The van der Waals surface area contributed by atoms with Gasteiger partial charge in [-0.15, -0.1) is 10.2 Å². The lowest BCUT2D eigenvalue weighted by Gasteiger charge is -2.27. The van der Waals surface area contributed by atoms with Gasteiger partial charge in [0.15, 0.2) is 0 Å². The molecule has 0 radical (unpaired) electrons. The molecule has 5 rings (SSSR count). The Morgan fingerprint density at radius 2 is 1.72 bits per heavy atom. The molecule has 2 aromatic carbocycles. The molecule has 1 aliphatic rings. The number of unbranched alkanes of at least 4 members (excludes halogenated alkanes) is 2. The van der Waals surface area contributed by atoms with Gasteiger partial charge in [0.1, 0.15) is 5.76 Å². The summed E-state index contributed by atoms with van der Waals surface area (Å²) in [5.74, 6) is 0.713. The SMILES string of the molecule is O=C(CSc1nnc(CCCCCN2C(=O)c3cccc4cccc(c34)C2=O)o1)NCc1ccco1. The Morgan fingerprint density at radius 3 is 2.44 bits per heavy atom. The second kappa shape index (κ2) is 10.8. The first kappa shape index (κ1) is 23.8. The first-order chi connectivity index (χ1) is 17.6. The largest absolute Gasteiger partial charge is 0.467 e. The van der Waals surface area contributed by atoms with Crippen LogP contribution in [0.1, 0.15) is 51.6 Å². The molecule has 2 aromatic heterocycles. The van der Waals surface area contributed by atoms with E-state index in [1.165, 1.54) is 16.7 Å². The molecular weight excluding hydrogens is 480 g/mol. The van der Waals surface area contributed by atoms with Gasteiger partial charge in [-0.3, -0.25) is 19.3 Å². The zero-order valence-corrected chi connectivity index (χ0v) is 20.3. The molecule has 0 atom stereocenters. The van der Waals surface area contributed by atoms with Gasteiger partial charge in [-0.1, -0.05) is 42.4 Å². The molecule has 1 aliphatic heterocycles. The summed E-state index contributed by atoms with van der Waals surface area (Å²) in [6.45, 7) is 0.693. The summed E-state index contributed by atoms with van der Waals surface area (Å²) in [4.78, 5) is 39.2. The zero-order chi connectivity index (χ0) is 24.9. The van der Waals surface area contributed by atoms with Crippen molar-refractivity contribution >= 4 is 40.3 Å². The van der Waals surface area contributed by atoms with E-state index < -0.39 is 0 Å². The van der Waals surface area contributed by atoms with Crippen LogP contribution in [0.15, 0.2) is 68.9 Å². The number of nitrogens with one attached hydrogen (secondary N) is 1. The molecular formula is C26H24N4O5S. The Balaban J connectivity index is 1.04. The van der Waals surface area contributed by atoms with Gasteiger partial charge in [0.25, 0.3) is 17.0 Å². The fourth-order valence-electron chi connectivity index (χ4n) is 4.18.